The maximum atomic E-state index is 9.56. The minimum atomic E-state index is -0.500. The predicted molar refractivity (Wildman–Crippen MR) is 396 cm³/mol. The van der Waals surface area contributed by atoms with Crippen LogP contribution in [-0.4, -0.2) is 47.2 Å². The molecule has 1 saturated carbocycles. The molecule has 1 aliphatic rings. The number of hydrogen-bond donors (Lipinski definition) is 5. The third-order valence-electron chi connectivity index (χ3n) is 15.5. The summed E-state index contributed by atoms with van der Waals surface area (Å²) in [7, 11) is 0. The summed E-state index contributed by atoms with van der Waals surface area (Å²) < 4.78 is 0. The van der Waals surface area contributed by atoms with Crippen molar-refractivity contribution in [2.24, 2.45) is 17.3 Å². The number of aryl methyl sites for hydroxylation is 5. The zero-order valence-corrected chi connectivity index (χ0v) is 62.7. The van der Waals surface area contributed by atoms with Gasteiger partial charge in [-0.3, -0.25) is 0 Å². The number of rotatable bonds is 4. The standard InChI is InChI=1S/C11H22O.C11H16O.C11H16.C10H14O.C10H14.C9H14N2.C9H12O.C9H12.C4H10O/c2*1-8-7-9(11(2,3)4)5-6-10(8)12;1-9-6-5-7-10(8-9)11(2,3)4;1-7(2)9-4-5-10(11)8(3)6-9;1-8(2)10-7-5-4-6-9(10)3;1-7-5-6-10-8(11-7)9(2,3)4;1-7(2)8-3-5-9(10)6-4-8;1-8(2)9-6-4-3-5-7-9;1-4(2,3)5/h8-10,12H,5-7H2,1-4H3;5-7,12H,1-4H3;5-8H,1-4H3;4-7,11H,1-3H3;4-8H,1-3H3;5-6H,1-4H3;3-7,10H,1-2H3;3-8H,1-2H3;5H,1-3H3. The fraction of sp³-hybridized carbons (Fsp3) is 0.524. The molecule has 0 bridgehead atoms. The number of nitrogens with zero attached hydrogens (tertiary/aromatic N) is 2. The Labute approximate surface area is 557 Å². The summed E-state index contributed by atoms with van der Waals surface area (Å²) in [6.45, 7) is 61.4. The Morgan fingerprint density at radius 3 is 1.25 bits per heavy atom. The largest absolute Gasteiger partial charge is 0.508 e. The summed E-state index contributed by atoms with van der Waals surface area (Å²) in [6.07, 6.45) is 5.18. The SMILES string of the molecule is CC(C)(C)O.CC(C)c1ccc(O)cc1.CC(C)c1ccccc1.CC1CC(C(C)(C)C)CCC1O.Cc1cc(C(C)(C)C)ccc1O.Cc1cc(C(C)C)ccc1O.Cc1cccc(C(C)(C)C)c1.Cc1ccccc1C(C)C.Cc1ccnc(C(C)(C)C)n1. The fourth-order valence-corrected chi connectivity index (χ4v) is 9.18. The van der Waals surface area contributed by atoms with Crippen molar-refractivity contribution < 1.29 is 25.5 Å². The highest BCUT2D eigenvalue weighted by molar-refractivity contribution is 5.38. The zero-order chi connectivity index (χ0) is 70.4. The first-order valence-corrected chi connectivity index (χ1v) is 33.4. The second-order valence-corrected chi connectivity index (χ2v) is 31.3. The molecule has 3 unspecified atom stereocenters. The molecule has 1 heterocycles. The van der Waals surface area contributed by atoms with Crippen molar-refractivity contribution in [3.8, 4) is 17.2 Å². The van der Waals surface area contributed by atoms with Crippen LogP contribution in [0.15, 0.2) is 152 Å². The molecular weight excluding hydrogens is 1120 g/mol. The van der Waals surface area contributed by atoms with Gasteiger partial charge in [0.2, 0.25) is 0 Å². The van der Waals surface area contributed by atoms with Gasteiger partial charge in [0, 0.05) is 17.3 Å². The zero-order valence-electron chi connectivity index (χ0n) is 62.7. The van der Waals surface area contributed by atoms with Gasteiger partial charge in [-0.05, 0) is 207 Å². The molecule has 0 amide bonds. The van der Waals surface area contributed by atoms with Crippen LogP contribution in [0.4, 0.5) is 0 Å². The topological polar surface area (TPSA) is 127 Å². The Morgan fingerprint density at radius 2 is 0.890 bits per heavy atom. The van der Waals surface area contributed by atoms with E-state index < -0.39 is 5.60 Å². The van der Waals surface area contributed by atoms with Gasteiger partial charge in [-0.1, -0.05) is 266 Å². The lowest BCUT2D eigenvalue weighted by molar-refractivity contribution is 0.0274. The number of aliphatic hydroxyl groups is 2. The van der Waals surface area contributed by atoms with Crippen LogP contribution in [0.25, 0.3) is 0 Å². The lowest BCUT2D eigenvalue weighted by Gasteiger charge is -2.38. The average molecular weight is 1250 g/mol. The van der Waals surface area contributed by atoms with E-state index in [-0.39, 0.29) is 22.3 Å². The van der Waals surface area contributed by atoms with E-state index >= 15 is 0 Å². The number of phenolic OH excluding ortho intramolecular Hbond substituents is 3. The maximum absolute atomic E-state index is 9.56. The third-order valence-corrected chi connectivity index (χ3v) is 15.5. The molecule has 7 nitrogen and oxygen atoms in total. The Kier molecular flexibility index (Phi) is 37.2. The lowest BCUT2D eigenvalue weighted by Crippen LogP contribution is -2.33. The molecule has 3 atom stereocenters. The first-order valence-electron chi connectivity index (χ1n) is 33.4. The molecular formula is C84H130N2O5. The van der Waals surface area contributed by atoms with Crippen molar-refractivity contribution in [3.63, 3.8) is 0 Å². The van der Waals surface area contributed by atoms with Gasteiger partial charge >= 0.3 is 0 Å². The number of benzene rings is 6. The second kappa shape index (κ2) is 40.0. The highest BCUT2D eigenvalue weighted by Crippen LogP contribution is 2.40. The maximum Gasteiger partial charge on any atom is 0.133 e. The predicted octanol–water partition coefficient (Wildman–Crippen LogP) is 23.2. The molecule has 7 heteroatoms. The first-order chi connectivity index (χ1) is 41.6. The molecule has 0 aliphatic heterocycles. The van der Waals surface area contributed by atoms with Gasteiger partial charge in [0.05, 0.1) is 11.7 Å². The van der Waals surface area contributed by atoms with Gasteiger partial charge in [-0.15, -0.1) is 0 Å². The number of hydrogen-bond acceptors (Lipinski definition) is 7. The minimum Gasteiger partial charge on any atom is -0.508 e. The van der Waals surface area contributed by atoms with Crippen molar-refractivity contribution >= 4 is 0 Å². The van der Waals surface area contributed by atoms with Gasteiger partial charge in [-0.2, -0.15) is 0 Å². The monoisotopic (exact) mass is 1250 g/mol. The smallest absolute Gasteiger partial charge is 0.133 e. The fourth-order valence-electron chi connectivity index (χ4n) is 9.18. The molecule has 0 saturated heterocycles. The molecule has 1 aliphatic carbocycles. The third kappa shape index (κ3) is 37.7. The molecule has 1 aromatic heterocycles. The number of phenols is 3. The molecule has 0 spiro atoms. The Balaban J connectivity index is 0.00000101. The average Bonchev–Trinajstić information content (AvgIpc) is 1.41. The summed E-state index contributed by atoms with van der Waals surface area (Å²) in [5.41, 5.74) is 14.2. The normalized spacial score (nSPS) is 14.6. The van der Waals surface area contributed by atoms with Gasteiger partial charge in [-0.25, -0.2) is 9.97 Å². The molecule has 91 heavy (non-hydrogen) atoms. The van der Waals surface area contributed by atoms with E-state index in [9.17, 15) is 15.3 Å². The molecule has 7 aromatic rings. The summed E-state index contributed by atoms with van der Waals surface area (Å²) in [6, 6.07) is 48.5. The van der Waals surface area contributed by atoms with Crippen LogP contribution in [0.2, 0.25) is 0 Å². The molecule has 1 fully saturated rings. The van der Waals surface area contributed by atoms with E-state index in [1.54, 1.807) is 45.0 Å². The van der Waals surface area contributed by atoms with E-state index in [4.69, 9.17) is 10.2 Å². The number of aliphatic hydroxyl groups excluding tert-OH is 1. The lowest BCUT2D eigenvalue weighted by atomic mass is 9.69. The van der Waals surface area contributed by atoms with Crippen LogP contribution in [0, 0.1) is 51.9 Å². The Hall–Kier alpha value is -6.28. The van der Waals surface area contributed by atoms with Crippen molar-refractivity contribution in [2.45, 2.75) is 272 Å². The van der Waals surface area contributed by atoms with E-state index in [0.717, 1.165) is 35.0 Å². The van der Waals surface area contributed by atoms with Crippen LogP contribution in [-0.2, 0) is 16.2 Å². The minimum absolute atomic E-state index is 0.0383. The quantitative estimate of drug-likeness (QED) is 0.119. The van der Waals surface area contributed by atoms with Crippen molar-refractivity contribution in [3.05, 3.63) is 219 Å². The molecule has 5 N–H and O–H groups in total. The van der Waals surface area contributed by atoms with E-state index in [1.165, 1.54) is 57.3 Å². The summed E-state index contributed by atoms with van der Waals surface area (Å²) in [5, 5.41) is 45.6. The Bertz CT molecular complexity index is 3000. The van der Waals surface area contributed by atoms with Crippen LogP contribution < -0.4 is 0 Å². The summed E-state index contributed by atoms with van der Waals surface area (Å²) in [4.78, 5) is 8.53. The number of aromatic hydroxyl groups is 3. The molecule has 0 radical (unpaired) electrons. The van der Waals surface area contributed by atoms with Crippen LogP contribution >= 0.6 is 0 Å². The highest BCUT2D eigenvalue weighted by atomic mass is 16.3. The van der Waals surface area contributed by atoms with E-state index in [1.807, 2.05) is 75.5 Å². The molecule has 506 valence electrons. The van der Waals surface area contributed by atoms with Crippen LogP contribution in [0.5, 0.6) is 17.2 Å². The summed E-state index contributed by atoms with van der Waals surface area (Å²) >= 11 is 0. The Morgan fingerprint density at radius 1 is 0.440 bits per heavy atom. The first kappa shape index (κ1) is 84.7. The van der Waals surface area contributed by atoms with Crippen molar-refractivity contribution in [1.29, 1.82) is 0 Å². The van der Waals surface area contributed by atoms with Crippen molar-refractivity contribution in [1.82, 2.24) is 9.97 Å². The summed E-state index contributed by atoms with van der Waals surface area (Å²) in [5.74, 6) is 5.71. The second-order valence-electron chi connectivity index (χ2n) is 31.3. The van der Waals surface area contributed by atoms with Gasteiger partial charge in [0.15, 0.2) is 0 Å². The van der Waals surface area contributed by atoms with Gasteiger partial charge < -0.3 is 25.5 Å². The van der Waals surface area contributed by atoms with Gasteiger partial charge in [0.1, 0.15) is 23.1 Å². The van der Waals surface area contributed by atoms with Crippen molar-refractivity contribution in [2.75, 3.05) is 0 Å². The molecule has 8 rings (SSSR count). The number of aromatic nitrogens is 2. The molecule has 6 aromatic carbocycles. The van der Waals surface area contributed by atoms with Crippen LogP contribution in [0.3, 0.4) is 0 Å². The van der Waals surface area contributed by atoms with E-state index in [0.29, 0.717) is 52.3 Å². The van der Waals surface area contributed by atoms with Gasteiger partial charge in [0.25, 0.3) is 0 Å². The highest BCUT2D eigenvalue weighted by Gasteiger charge is 2.32. The van der Waals surface area contributed by atoms with Crippen LogP contribution in [0.1, 0.15) is 276 Å². The van der Waals surface area contributed by atoms with E-state index in [2.05, 4.69) is 242 Å².